The lowest BCUT2D eigenvalue weighted by Crippen LogP contribution is -2.17. The summed E-state index contributed by atoms with van der Waals surface area (Å²) >= 11 is 0. The lowest BCUT2D eigenvalue weighted by atomic mass is 10.0. The molecule has 8 heteroatoms. The molecular formula is C86H70N8. The van der Waals surface area contributed by atoms with Crippen molar-refractivity contribution < 1.29 is 0 Å². The summed E-state index contributed by atoms with van der Waals surface area (Å²) in [5, 5.41) is 0. The van der Waals surface area contributed by atoms with Crippen LogP contribution >= 0.6 is 0 Å². The van der Waals surface area contributed by atoms with Crippen LogP contribution in [0.5, 0.6) is 0 Å². The molecule has 4 heterocycles. The topological polar surface area (TPSA) is 35.0 Å². The molecule has 0 bridgehead atoms. The maximum atomic E-state index is 2.57. The van der Waals surface area contributed by atoms with E-state index in [0.29, 0.717) is 0 Å². The number of nitrogens with zero attached hydrogens (tertiary/aromatic N) is 8. The molecule has 0 radical (unpaired) electrons. The molecule has 17 rings (SSSR count). The Morgan fingerprint density at radius 2 is 0.447 bits per heavy atom. The predicted molar refractivity (Wildman–Crippen MR) is 396 cm³/mol. The van der Waals surface area contributed by atoms with Gasteiger partial charge in [0.2, 0.25) is 0 Å². The predicted octanol–water partition coefficient (Wildman–Crippen LogP) is 22.8. The molecule has 0 saturated carbocycles. The van der Waals surface area contributed by atoms with Gasteiger partial charge in [0.1, 0.15) is 0 Å². The normalized spacial score (nSPS) is 11.8. The highest BCUT2D eigenvalue weighted by Crippen LogP contribution is 2.48. The van der Waals surface area contributed by atoms with E-state index >= 15 is 0 Å². The Bertz CT molecular complexity index is 5480. The van der Waals surface area contributed by atoms with E-state index in [4.69, 9.17) is 0 Å². The number of aromatic nitrogens is 6. The molecule has 0 atom stereocenters. The first-order valence-corrected chi connectivity index (χ1v) is 32.6. The largest absolute Gasteiger partial charge is 0.310 e. The van der Waals surface area contributed by atoms with Gasteiger partial charge in [0.25, 0.3) is 0 Å². The van der Waals surface area contributed by atoms with Crippen LogP contribution in [-0.2, 0) is 0 Å². The number of anilines is 6. The number of fused-ring (bicyclic) bond motifs is 8. The summed E-state index contributed by atoms with van der Waals surface area (Å²) in [7, 11) is 0. The number of hydrogen-bond donors (Lipinski definition) is 0. The van der Waals surface area contributed by atoms with E-state index in [1.807, 2.05) is 0 Å². The monoisotopic (exact) mass is 1210 g/mol. The Labute approximate surface area is 546 Å². The second-order valence-corrected chi connectivity index (χ2v) is 25.7. The van der Waals surface area contributed by atoms with Crippen molar-refractivity contribution in [2.45, 2.75) is 55.4 Å². The Morgan fingerprint density at radius 3 is 0.723 bits per heavy atom. The van der Waals surface area contributed by atoms with Crippen LogP contribution < -0.4 is 9.80 Å². The molecule has 454 valence electrons. The summed E-state index contributed by atoms with van der Waals surface area (Å²) in [6.07, 6.45) is 0. The van der Waals surface area contributed by atoms with Crippen LogP contribution in [0, 0.1) is 55.4 Å². The maximum absolute atomic E-state index is 2.57. The van der Waals surface area contributed by atoms with Gasteiger partial charge in [-0.25, -0.2) is 0 Å². The first-order chi connectivity index (χ1) is 45.9. The molecule has 0 aliphatic carbocycles. The van der Waals surface area contributed by atoms with E-state index in [1.165, 1.54) is 44.5 Å². The SMILES string of the molecule is Cc1ccc(N(c2cc3c4c(c2)n(-c2ccccc2)c2cc5c(cc2n4c2ccccc2n3-c2ccccc2)n2c3ccccc3n(-c3ccccc3)c3cc(N(c4ccc(C)cc4C)c4ccc(C)cc4C)cc(c32)n5-c2ccccc2)c2ccc(C)cc2C)c(C)c1. The summed E-state index contributed by atoms with van der Waals surface area (Å²) < 4.78 is 15.2. The number of rotatable bonds is 10. The number of benzene rings is 13. The first kappa shape index (κ1) is 56.3. The van der Waals surface area contributed by atoms with E-state index in [9.17, 15) is 0 Å². The van der Waals surface area contributed by atoms with Gasteiger partial charge in [-0.15, -0.1) is 0 Å². The molecule has 4 aromatic heterocycles. The number of hydrogen-bond acceptors (Lipinski definition) is 2. The zero-order valence-corrected chi connectivity index (χ0v) is 54.1. The van der Waals surface area contributed by atoms with Crippen molar-refractivity contribution in [2.75, 3.05) is 9.80 Å². The average molecular weight is 1220 g/mol. The van der Waals surface area contributed by atoms with Crippen LogP contribution in [0.1, 0.15) is 44.5 Å². The Kier molecular flexibility index (Phi) is 13.2. The van der Waals surface area contributed by atoms with Gasteiger partial charge in [-0.1, -0.05) is 168 Å². The van der Waals surface area contributed by atoms with Crippen molar-refractivity contribution in [1.82, 2.24) is 27.1 Å². The van der Waals surface area contributed by atoms with E-state index in [1.54, 1.807) is 0 Å². The zero-order chi connectivity index (χ0) is 63.6. The minimum absolute atomic E-state index is 1.04. The summed E-state index contributed by atoms with van der Waals surface area (Å²) in [6.45, 7) is 17.7. The highest BCUT2D eigenvalue weighted by molar-refractivity contribution is 6.13. The fourth-order valence-corrected chi connectivity index (χ4v) is 15.3. The molecular weight excluding hydrogens is 1150 g/mol. The molecule has 0 aliphatic rings. The lowest BCUT2D eigenvalue weighted by Gasteiger charge is -2.32. The summed E-state index contributed by atoms with van der Waals surface area (Å²) in [6, 6.07) is 104. The standard InChI is InChI=1S/C86H70N8/c1-55-37-41-69(59(5)45-55)91(70-42-38-56(2)46-60(70)6)67-49-81-85-83(51-67)89(65-29-17-11-18-30-65)77-53-78-80(54-79(77)93(85)75-35-23-21-33-73(75)87(81)63-25-13-9-14-26-63)94-76-36-24-22-34-74(76)88(64-27-15-10-16-28-64)82-50-68(52-84(86(82)94)90(78)66-31-19-12-20-32-66)92(71-43-39-57(3)47-61(71)7)72-44-40-58(4)48-62(72)8/h9-54H,1-8H3. The van der Waals surface area contributed by atoms with Crippen LogP contribution in [0.25, 0.3) is 100.0 Å². The molecule has 0 N–H and O–H groups in total. The second kappa shape index (κ2) is 22.0. The lowest BCUT2D eigenvalue weighted by molar-refractivity contribution is 1.08. The van der Waals surface area contributed by atoms with Crippen molar-refractivity contribution in [3.8, 4) is 22.7 Å². The van der Waals surface area contributed by atoms with Gasteiger partial charge in [-0.2, -0.15) is 0 Å². The second-order valence-electron chi connectivity index (χ2n) is 25.7. The van der Waals surface area contributed by atoms with Crippen molar-refractivity contribution in [3.63, 3.8) is 0 Å². The first-order valence-electron chi connectivity index (χ1n) is 32.6. The van der Waals surface area contributed by atoms with Crippen LogP contribution in [0.15, 0.2) is 279 Å². The molecule has 94 heavy (non-hydrogen) atoms. The van der Waals surface area contributed by atoms with Gasteiger partial charge in [0.05, 0.1) is 88.6 Å². The van der Waals surface area contributed by atoms with Crippen molar-refractivity contribution in [3.05, 3.63) is 324 Å². The fraction of sp³-hybridized carbons (Fsp3) is 0.0930. The van der Waals surface area contributed by atoms with Gasteiger partial charge in [-0.05, 0) is 211 Å². The molecule has 0 unspecified atom stereocenters. The van der Waals surface area contributed by atoms with Crippen molar-refractivity contribution in [2.24, 2.45) is 0 Å². The molecule has 8 nitrogen and oxygen atoms in total. The van der Waals surface area contributed by atoms with E-state index in [2.05, 4.69) is 371 Å². The molecule has 13 aromatic carbocycles. The Hall–Kier alpha value is -11.7. The van der Waals surface area contributed by atoms with Crippen LogP contribution in [-0.4, -0.2) is 27.1 Å². The van der Waals surface area contributed by atoms with Crippen LogP contribution in [0.4, 0.5) is 34.1 Å². The molecule has 0 aliphatic heterocycles. The molecule has 0 saturated heterocycles. The smallest absolute Gasteiger partial charge is 0.0949 e. The van der Waals surface area contributed by atoms with Gasteiger partial charge >= 0.3 is 0 Å². The van der Waals surface area contributed by atoms with E-state index < -0.39 is 0 Å². The average Bonchev–Trinajstić information content (AvgIpc) is 0.685. The molecule has 17 aromatic rings. The highest BCUT2D eigenvalue weighted by atomic mass is 15.2. The fourth-order valence-electron chi connectivity index (χ4n) is 15.3. The molecule has 0 amide bonds. The maximum Gasteiger partial charge on any atom is 0.0949 e. The van der Waals surface area contributed by atoms with Crippen molar-refractivity contribution >= 4 is 111 Å². The Morgan fingerprint density at radius 1 is 0.202 bits per heavy atom. The van der Waals surface area contributed by atoms with E-state index in [0.717, 1.165) is 134 Å². The summed E-state index contributed by atoms with van der Waals surface area (Å²) in [5.41, 5.74) is 35.4. The minimum Gasteiger partial charge on any atom is -0.310 e. The third-order valence-corrected chi connectivity index (χ3v) is 19.2. The number of aryl methyl sites for hydroxylation is 8. The van der Waals surface area contributed by atoms with Gasteiger partial charge in [0, 0.05) is 45.5 Å². The molecule has 0 fully saturated rings. The minimum atomic E-state index is 1.04. The summed E-state index contributed by atoms with van der Waals surface area (Å²) in [5.74, 6) is 0. The Balaban J connectivity index is 1.13. The van der Waals surface area contributed by atoms with Crippen LogP contribution in [0.3, 0.4) is 0 Å². The van der Waals surface area contributed by atoms with E-state index in [-0.39, 0.29) is 0 Å². The van der Waals surface area contributed by atoms with Crippen LogP contribution in [0.2, 0.25) is 0 Å². The van der Waals surface area contributed by atoms with Gasteiger partial charge < -0.3 is 36.9 Å². The van der Waals surface area contributed by atoms with Gasteiger partial charge in [-0.3, -0.25) is 0 Å². The third kappa shape index (κ3) is 8.88. The summed E-state index contributed by atoms with van der Waals surface area (Å²) in [4.78, 5) is 4.99. The molecule has 0 spiro atoms. The third-order valence-electron chi connectivity index (χ3n) is 19.2. The highest BCUT2D eigenvalue weighted by Gasteiger charge is 2.29. The van der Waals surface area contributed by atoms with Crippen molar-refractivity contribution in [1.29, 1.82) is 0 Å². The quantitative estimate of drug-likeness (QED) is 0.101. The van der Waals surface area contributed by atoms with Gasteiger partial charge in [0.15, 0.2) is 0 Å². The number of para-hydroxylation sites is 8. The zero-order valence-electron chi connectivity index (χ0n) is 54.1.